The number of thiazole rings is 1. The molecule has 8 heteroatoms. The third-order valence-electron chi connectivity index (χ3n) is 4.35. The highest BCUT2D eigenvalue weighted by Crippen LogP contribution is 2.24. The molecule has 0 unspecified atom stereocenters. The summed E-state index contributed by atoms with van der Waals surface area (Å²) < 4.78 is 13.7. The van der Waals surface area contributed by atoms with E-state index in [0.717, 1.165) is 0 Å². The lowest BCUT2D eigenvalue weighted by atomic mass is 9.91. The summed E-state index contributed by atoms with van der Waals surface area (Å²) in [5.74, 6) is -1.88. The van der Waals surface area contributed by atoms with Gasteiger partial charge in [0.15, 0.2) is 5.60 Å². The molecule has 1 aromatic heterocycles. The number of carboxylic acid groups (broad SMARTS) is 1. The van der Waals surface area contributed by atoms with Crippen molar-refractivity contribution in [1.29, 1.82) is 0 Å². The normalized spacial score (nSPS) is 16.6. The van der Waals surface area contributed by atoms with E-state index in [-0.39, 0.29) is 43.3 Å². The van der Waals surface area contributed by atoms with Crippen LogP contribution in [0.1, 0.15) is 33.9 Å². The number of benzene rings is 1. The number of aliphatic carboxylic acids is 1. The number of amides is 1. The maximum Gasteiger partial charge on any atom is 0.335 e. The minimum absolute atomic E-state index is 0.0136. The number of hydrogen-bond acceptors (Lipinski definition) is 5. The fraction of sp³-hybridized carbons (Fsp3) is 0.353. The zero-order chi connectivity index (χ0) is 18.0. The maximum absolute atomic E-state index is 13.7. The molecular formula is C17H17FN2O4S. The topological polar surface area (TPSA) is 90.7 Å². The van der Waals surface area contributed by atoms with E-state index in [9.17, 15) is 19.1 Å². The molecule has 0 atom stereocenters. The van der Waals surface area contributed by atoms with E-state index in [0.29, 0.717) is 17.0 Å². The van der Waals surface area contributed by atoms with Crippen molar-refractivity contribution in [3.63, 3.8) is 0 Å². The molecule has 2 N–H and O–H groups in total. The first kappa shape index (κ1) is 17.5. The average molecular weight is 364 g/mol. The Hall–Kier alpha value is -2.32. The number of nitrogens with zero attached hydrogens (tertiary/aromatic N) is 2. The third-order valence-corrected chi connectivity index (χ3v) is 5.20. The molecule has 1 fully saturated rings. The van der Waals surface area contributed by atoms with Crippen molar-refractivity contribution in [3.8, 4) is 0 Å². The summed E-state index contributed by atoms with van der Waals surface area (Å²) in [6.07, 6.45) is 0.282. The van der Waals surface area contributed by atoms with Crippen LogP contribution in [0.4, 0.5) is 4.39 Å². The number of halogens is 1. The van der Waals surface area contributed by atoms with Gasteiger partial charge in [0.05, 0.1) is 5.01 Å². The molecule has 6 nitrogen and oxygen atoms in total. The molecule has 25 heavy (non-hydrogen) atoms. The molecule has 0 bridgehead atoms. The molecule has 132 valence electrons. The van der Waals surface area contributed by atoms with E-state index in [4.69, 9.17) is 5.11 Å². The second kappa shape index (κ2) is 6.89. The molecule has 0 spiro atoms. The summed E-state index contributed by atoms with van der Waals surface area (Å²) in [5.41, 5.74) is -0.994. The Bertz CT molecular complexity index is 799. The fourth-order valence-electron chi connectivity index (χ4n) is 2.75. The average Bonchev–Trinajstić information content (AvgIpc) is 3.05. The van der Waals surface area contributed by atoms with E-state index >= 15 is 0 Å². The van der Waals surface area contributed by atoms with Crippen molar-refractivity contribution in [3.05, 3.63) is 51.7 Å². The van der Waals surface area contributed by atoms with E-state index < -0.39 is 11.6 Å². The Kier molecular flexibility index (Phi) is 4.82. The first-order chi connectivity index (χ1) is 11.9. The van der Waals surface area contributed by atoms with Gasteiger partial charge < -0.3 is 15.1 Å². The number of aliphatic hydroxyl groups is 1. The molecule has 1 amide bonds. The molecule has 0 saturated carbocycles. The Morgan fingerprint density at radius 1 is 1.28 bits per heavy atom. The Morgan fingerprint density at radius 2 is 1.96 bits per heavy atom. The van der Waals surface area contributed by atoms with Gasteiger partial charge in [-0.1, -0.05) is 18.2 Å². The second-order valence-corrected chi connectivity index (χ2v) is 6.97. The van der Waals surface area contributed by atoms with Crippen molar-refractivity contribution in [2.75, 3.05) is 13.1 Å². The molecule has 1 aliphatic heterocycles. The molecular weight excluding hydrogens is 347 g/mol. The van der Waals surface area contributed by atoms with Gasteiger partial charge >= 0.3 is 5.97 Å². The predicted octanol–water partition coefficient (Wildman–Crippen LogP) is 1.92. The van der Waals surface area contributed by atoms with Gasteiger partial charge in [-0.2, -0.15) is 0 Å². The highest BCUT2D eigenvalue weighted by atomic mass is 32.1. The Labute approximate surface area is 147 Å². The number of carboxylic acids is 1. The van der Waals surface area contributed by atoms with Crippen LogP contribution in [0.25, 0.3) is 0 Å². The second-order valence-electron chi connectivity index (χ2n) is 6.02. The lowest BCUT2D eigenvalue weighted by molar-refractivity contribution is -0.162. The van der Waals surface area contributed by atoms with Crippen LogP contribution in [-0.4, -0.2) is 50.7 Å². The zero-order valence-electron chi connectivity index (χ0n) is 13.3. The van der Waals surface area contributed by atoms with Crippen molar-refractivity contribution in [2.24, 2.45) is 0 Å². The maximum atomic E-state index is 13.7. The van der Waals surface area contributed by atoms with Crippen LogP contribution in [-0.2, 0) is 11.2 Å². The molecule has 3 rings (SSSR count). The fourth-order valence-corrected chi connectivity index (χ4v) is 3.54. The van der Waals surface area contributed by atoms with Crippen molar-refractivity contribution >= 4 is 23.2 Å². The molecule has 1 aliphatic rings. The summed E-state index contributed by atoms with van der Waals surface area (Å²) in [5, 5.41) is 21.2. The Morgan fingerprint density at radius 3 is 2.60 bits per heavy atom. The van der Waals surface area contributed by atoms with Crippen LogP contribution in [0, 0.1) is 5.82 Å². The van der Waals surface area contributed by atoms with Crippen LogP contribution in [0.15, 0.2) is 29.6 Å². The van der Waals surface area contributed by atoms with Crippen LogP contribution in [0.3, 0.4) is 0 Å². The van der Waals surface area contributed by atoms with E-state index in [1.807, 2.05) is 0 Å². The number of hydrogen-bond donors (Lipinski definition) is 2. The van der Waals surface area contributed by atoms with Gasteiger partial charge in [0.2, 0.25) is 0 Å². The number of aromatic nitrogens is 1. The largest absolute Gasteiger partial charge is 0.479 e. The van der Waals surface area contributed by atoms with Gasteiger partial charge in [0.25, 0.3) is 5.91 Å². The first-order valence-electron chi connectivity index (χ1n) is 7.82. The van der Waals surface area contributed by atoms with Gasteiger partial charge in [-0.25, -0.2) is 14.2 Å². The molecule has 0 radical (unpaired) electrons. The summed E-state index contributed by atoms with van der Waals surface area (Å²) in [6, 6.07) is 6.42. The lowest BCUT2D eigenvalue weighted by Crippen LogP contribution is -2.50. The van der Waals surface area contributed by atoms with Gasteiger partial charge in [0, 0.05) is 37.7 Å². The highest BCUT2D eigenvalue weighted by Gasteiger charge is 2.40. The molecule has 0 aliphatic carbocycles. The number of carbonyl (C=O) groups excluding carboxylic acids is 1. The standard InChI is InChI=1S/C17H17FN2O4S/c18-12-4-2-1-3-11(12)9-14-19-13(10-25-14)15(21)20-7-5-17(24,6-8-20)16(22)23/h1-4,10,24H,5-9H2,(H,22,23). The van der Waals surface area contributed by atoms with E-state index in [1.165, 1.54) is 22.3 Å². The van der Waals surface area contributed by atoms with Crippen LogP contribution in [0.5, 0.6) is 0 Å². The van der Waals surface area contributed by atoms with E-state index in [1.54, 1.807) is 23.6 Å². The minimum Gasteiger partial charge on any atom is -0.479 e. The van der Waals surface area contributed by atoms with Gasteiger partial charge in [0.1, 0.15) is 11.5 Å². The monoisotopic (exact) mass is 364 g/mol. The molecule has 1 saturated heterocycles. The molecule has 2 heterocycles. The quantitative estimate of drug-likeness (QED) is 0.865. The predicted molar refractivity (Wildman–Crippen MR) is 89.0 cm³/mol. The van der Waals surface area contributed by atoms with Gasteiger partial charge in [-0.15, -0.1) is 11.3 Å². The molecule has 1 aromatic carbocycles. The number of likely N-dealkylation sites (tertiary alicyclic amines) is 1. The third kappa shape index (κ3) is 3.69. The number of piperidine rings is 1. The highest BCUT2D eigenvalue weighted by molar-refractivity contribution is 7.09. The smallest absolute Gasteiger partial charge is 0.335 e. The number of rotatable bonds is 4. The van der Waals surface area contributed by atoms with Crippen LogP contribution in [0.2, 0.25) is 0 Å². The SMILES string of the molecule is O=C(c1csc(Cc2ccccc2F)n1)N1CCC(O)(C(=O)O)CC1. The minimum atomic E-state index is -1.77. The van der Waals surface area contributed by atoms with Crippen molar-refractivity contribution in [2.45, 2.75) is 24.9 Å². The summed E-state index contributed by atoms with van der Waals surface area (Å²) in [4.78, 5) is 29.3. The summed E-state index contributed by atoms with van der Waals surface area (Å²) >= 11 is 1.28. The molecule has 2 aromatic rings. The van der Waals surface area contributed by atoms with Gasteiger partial charge in [-0.05, 0) is 11.6 Å². The Balaban J connectivity index is 1.66. The summed E-state index contributed by atoms with van der Waals surface area (Å²) in [6.45, 7) is 0.309. The van der Waals surface area contributed by atoms with Crippen LogP contribution >= 0.6 is 11.3 Å². The van der Waals surface area contributed by atoms with E-state index in [2.05, 4.69) is 4.98 Å². The van der Waals surface area contributed by atoms with Crippen molar-refractivity contribution < 1.29 is 24.2 Å². The van der Waals surface area contributed by atoms with Crippen molar-refractivity contribution in [1.82, 2.24) is 9.88 Å². The number of carbonyl (C=O) groups is 2. The lowest BCUT2D eigenvalue weighted by Gasteiger charge is -2.34. The van der Waals surface area contributed by atoms with Gasteiger partial charge in [-0.3, -0.25) is 4.79 Å². The first-order valence-corrected chi connectivity index (χ1v) is 8.70. The summed E-state index contributed by atoms with van der Waals surface area (Å²) in [7, 11) is 0. The zero-order valence-corrected chi connectivity index (χ0v) is 14.1. The van der Waals surface area contributed by atoms with Crippen LogP contribution < -0.4 is 0 Å².